The maximum absolute atomic E-state index is 12.8. The number of fused-ring (bicyclic) bond motifs is 1. The molecule has 1 amide bonds. The number of hydrogen-bond donors (Lipinski definition) is 0. The van der Waals surface area contributed by atoms with Gasteiger partial charge in [0.05, 0.1) is 6.04 Å². The molecule has 5 nitrogen and oxygen atoms in total. The van der Waals surface area contributed by atoms with Gasteiger partial charge in [-0.05, 0) is 12.8 Å². The predicted octanol–water partition coefficient (Wildman–Crippen LogP) is 1.25. The number of ether oxygens (including phenoxy) is 1. The van der Waals surface area contributed by atoms with Gasteiger partial charge in [0.2, 0.25) is 0 Å². The number of cyclic esters (lactones) is 1. The van der Waals surface area contributed by atoms with E-state index in [1.165, 1.54) is 0 Å². The van der Waals surface area contributed by atoms with Crippen LogP contribution in [0.4, 0.5) is 4.79 Å². The Hall–Kier alpha value is 0.826. The van der Waals surface area contributed by atoms with Crippen molar-refractivity contribution in [1.29, 1.82) is 0 Å². The molecule has 2 aliphatic rings. The molecule has 2 fully saturated rings. The molecule has 3 unspecified atom stereocenters. The van der Waals surface area contributed by atoms with Gasteiger partial charge in [-0.2, -0.15) is 0 Å². The molecular weight excluding hydrogens is 329 g/mol. The van der Waals surface area contributed by atoms with E-state index in [0.717, 1.165) is 0 Å². The Bertz CT molecular complexity index is 529. The van der Waals surface area contributed by atoms with Crippen molar-refractivity contribution in [2.24, 2.45) is 16.7 Å². The second kappa shape index (κ2) is 7.10. The number of carbonyl (C=O) groups excluding carboxylic acids is 1. The summed E-state index contributed by atoms with van der Waals surface area (Å²) in [6, 6.07) is -0.233. The van der Waals surface area contributed by atoms with Crippen molar-refractivity contribution in [3.05, 3.63) is 5.32 Å². The van der Waals surface area contributed by atoms with E-state index in [0.29, 0.717) is 0 Å². The first-order valence-corrected chi connectivity index (χ1v) is 8.52. The Labute approximate surface area is 192 Å². The van der Waals surface area contributed by atoms with Crippen molar-refractivity contribution in [1.82, 2.24) is 10.0 Å². The molecule has 0 aromatic rings. The van der Waals surface area contributed by atoms with E-state index in [4.69, 9.17) is 11.4 Å². The van der Waals surface area contributed by atoms with Crippen LogP contribution >= 0.6 is 0 Å². The molecule has 0 aliphatic carbocycles. The normalized spacial score (nSPS) is 41.9. The summed E-state index contributed by atoms with van der Waals surface area (Å²) in [5.41, 5.74) is -0.997. The quantitative estimate of drug-likeness (QED) is 0.608. The molecule has 0 spiro atoms. The predicted molar refractivity (Wildman–Crippen MR) is 93.0 cm³/mol. The van der Waals surface area contributed by atoms with Crippen LogP contribution < -0.4 is 51.4 Å². The first-order valence-electron chi connectivity index (χ1n) is 9.02. The summed E-state index contributed by atoms with van der Waals surface area (Å²) in [5, 5.41) is 8.12. The Kier molecular flexibility index (Phi) is 6.25. The number of carbonyl (C=O) groups is 1. The minimum atomic E-state index is -1.22. The van der Waals surface area contributed by atoms with Crippen LogP contribution in [0.25, 0.3) is 5.32 Å². The summed E-state index contributed by atoms with van der Waals surface area (Å²) in [6.45, 7) is 18.6. The number of hydrogen-bond acceptors (Lipinski definition) is 3. The van der Waals surface area contributed by atoms with Crippen molar-refractivity contribution in [2.75, 3.05) is 7.05 Å². The molecule has 0 N–H and O–H groups in total. The van der Waals surface area contributed by atoms with Gasteiger partial charge in [-0.3, -0.25) is 0 Å². The van der Waals surface area contributed by atoms with Crippen LogP contribution in [-0.4, -0.2) is 47.0 Å². The molecule has 5 atom stereocenters. The topological polar surface area (TPSA) is 46.9 Å². The van der Waals surface area contributed by atoms with Gasteiger partial charge in [0.15, 0.2) is 0 Å². The minimum Gasteiger partial charge on any atom is -0.642 e. The van der Waals surface area contributed by atoms with Gasteiger partial charge in [0.25, 0.3) is 0 Å². The molecule has 134 valence electrons. The maximum atomic E-state index is 12.8. The number of nitrogens with zero attached hydrogens (tertiary/aromatic N) is 3. The van der Waals surface area contributed by atoms with Crippen LogP contribution in [0.15, 0.2) is 0 Å². The molecule has 24 heavy (non-hydrogen) atoms. The van der Waals surface area contributed by atoms with Gasteiger partial charge in [-0.1, -0.05) is 66.9 Å². The van der Waals surface area contributed by atoms with Crippen LogP contribution in [0.3, 0.4) is 0 Å². The monoisotopic (exact) mass is 364 g/mol. The summed E-state index contributed by atoms with van der Waals surface area (Å²) in [5.74, 6) is 0.0651. The van der Waals surface area contributed by atoms with Crippen molar-refractivity contribution in [2.45, 2.75) is 86.1 Å². The summed E-state index contributed by atoms with van der Waals surface area (Å²) >= 11 is 0. The van der Waals surface area contributed by atoms with E-state index in [2.05, 4.69) is 48.5 Å². The van der Waals surface area contributed by atoms with Gasteiger partial charge >= 0.3 is 57.5 Å². The third kappa shape index (κ3) is 3.62. The van der Waals surface area contributed by atoms with Gasteiger partial charge in [0, 0.05) is 13.8 Å². The Morgan fingerprint density at radius 1 is 1.21 bits per heavy atom. The molecule has 0 bridgehead atoms. The summed E-state index contributed by atoms with van der Waals surface area (Å²) in [7, 11) is 1.76. The first kappa shape index (κ1) is 21.1. The molecule has 0 radical (unpaired) electrons. The van der Waals surface area contributed by atoms with Gasteiger partial charge in [-0.15, -0.1) is 6.04 Å². The third-order valence-electron chi connectivity index (χ3n) is 5.80. The van der Waals surface area contributed by atoms with Crippen molar-refractivity contribution >= 4 is 6.09 Å². The Morgan fingerprint density at radius 3 is 2.12 bits per heavy atom. The average Bonchev–Trinajstić information content (AvgIpc) is 2.60. The SMILES string of the molecule is [2H]C1(C)[N-]C(C(C)(C)C)[C@H](C)C2N(C(=O)O[C@]2(C)C(C)(C)C)N1C.[K+]. The summed E-state index contributed by atoms with van der Waals surface area (Å²) in [6.07, 6.45) is -1.60. The second-order valence-corrected chi connectivity index (χ2v) is 9.38. The zero-order valence-corrected chi connectivity index (χ0v) is 20.5. The van der Waals surface area contributed by atoms with E-state index in [9.17, 15) is 4.79 Å². The van der Waals surface area contributed by atoms with Crippen LogP contribution in [0, 0.1) is 16.7 Å². The van der Waals surface area contributed by atoms with Crippen LogP contribution in [0.5, 0.6) is 0 Å². The molecular formula is C18H34KN3O2. The molecule has 6 heteroatoms. The number of rotatable bonds is 0. The van der Waals surface area contributed by atoms with E-state index < -0.39 is 11.7 Å². The van der Waals surface area contributed by atoms with Crippen LogP contribution in [-0.2, 0) is 4.74 Å². The van der Waals surface area contributed by atoms with E-state index in [1.807, 2.05) is 6.92 Å². The Balaban J connectivity index is 0.00000312. The van der Waals surface area contributed by atoms with E-state index >= 15 is 0 Å². The second-order valence-electron chi connectivity index (χ2n) is 9.38. The summed E-state index contributed by atoms with van der Waals surface area (Å²) < 4.78 is 14.6. The minimum absolute atomic E-state index is 0. The fourth-order valence-corrected chi connectivity index (χ4v) is 3.98. The largest absolute Gasteiger partial charge is 1.00 e. The standard InChI is InChI=1S/C18H34N3O2.K/c1-11-13(16(3,4)5)19-12(2)20(10)21-14(11)18(9,17(6,7)8)23-15(21)22;/h11-14H,1-10H3;/q-1;+1/t11-,12?,13?,14?,18-;/m0./s1/i12D;. The third-order valence-corrected chi connectivity index (χ3v) is 5.80. The van der Waals surface area contributed by atoms with Gasteiger partial charge in [0.1, 0.15) is 5.60 Å². The first-order chi connectivity index (χ1) is 10.5. The molecule has 0 aromatic carbocycles. The van der Waals surface area contributed by atoms with Crippen molar-refractivity contribution < 1.29 is 62.3 Å². The molecule has 0 saturated carbocycles. The number of hydrazine groups is 1. The average molecular weight is 365 g/mol. The van der Waals surface area contributed by atoms with Gasteiger partial charge < -0.3 is 10.1 Å². The zero-order valence-electron chi connectivity index (χ0n) is 18.4. The smallest absolute Gasteiger partial charge is 0.642 e. The van der Waals surface area contributed by atoms with Crippen molar-refractivity contribution in [3.8, 4) is 0 Å². The molecule has 2 heterocycles. The van der Waals surface area contributed by atoms with Gasteiger partial charge in [-0.25, -0.2) is 14.8 Å². The molecule has 2 aliphatic heterocycles. The maximum Gasteiger partial charge on any atom is 1.00 e. The Morgan fingerprint density at radius 2 is 1.71 bits per heavy atom. The fraction of sp³-hybridized carbons (Fsp3) is 0.944. The number of amides is 1. The zero-order chi connectivity index (χ0) is 18.9. The summed E-state index contributed by atoms with van der Waals surface area (Å²) in [4.78, 5) is 12.8. The van der Waals surface area contributed by atoms with Crippen LogP contribution in [0.1, 0.15) is 63.7 Å². The van der Waals surface area contributed by atoms with E-state index in [-0.39, 0.29) is 86.3 Å². The van der Waals surface area contributed by atoms with Crippen molar-refractivity contribution in [3.63, 3.8) is 0 Å². The molecule has 2 rings (SSSR count). The fourth-order valence-electron chi connectivity index (χ4n) is 3.98. The van der Waals surface area contributed by atoms with Crippen LogP contribution in [0.2, 0.25) is 0 Å². The molecule has 2 saturated heterocycles. The molecule has 0 aromatic heterocycles. The van der Waals surface area contributed by atoms with E-state index in [1.54, 1.807) is 24.0 Å².